The standard InChI is InChI=1S/C19H15FN2O2S/c1-19(2)17(23)16(14-9-11(10-21)3-8-15(14)24-19)18(25)22-13-6-4-12(20)5-7-13/h3-9,16H,1-2H3,(H,22,25). The van der Waals surface area contributed by atoms with Gasteiger partial charge in [0.05, 0.1) is 16.6 Å². The van der Waals surface area contributed by atoms with Crippen LogP contribution < -0.4 is 10.1 Å². The zero-order chi connectivity index (χ0) is 18.2. The van der Waals surface area contributed by atoms with E-state index in [9.17, 15) is 9.18 Å². The Kier molecular flexibility index (Phi) is 4.27. The SMILES string of the molecule is CC1(C)Oc2ccc(C#N)cc2C(C(=S)Nc2ccc(F)cc2)C1=O. The minimum absolute atomic E-state index is 0.199. The topological polar surface area (TPSA) is 62.1 Å². The average Bonchev–Trinajstić information content (AvgIpc) is 2.57. The average molecular weight is 354 g/mol. The molecule has 1 aliphatic rings. The molecular formula is C19H15FN2O2S. The molecule has 0 bridgehead atoms. The Balaban J connectivity index is 2.01. The molecule has 4 nitrogen and oxygen atoms in total. The van der Waals surface area contributed by atoms with Gasteiger partial charge in [-0.1, -0.05) is 12.2 Å². The Morgan fingerprint density at radius 1 is 1.28 bits per heavy atom. The monoisotopic (exact) mass is 354 g/mol. The second-order valence-corrected chi connectivity index (χ2v) is 6.71. The highest BCUT2D eigenvalue weighted by Gasteiger charge is 2.44. The molecule has 0 amide bonds. The fourth-order valence-electron chi connectivity index (χ4n) is 2.76. The first-order valence-corrected chi connectivity index (χ1v) is 8.06. The number of ether oxygens (including phenoxy) is 1. The summed E-state index contributed by atoms with van der Waals surface area (Å²) in [6.45, 7) is 3.37. The lowest BCUT2D eigenvalue weighted by Crippen LogP contribution is -2.48. The summed E-state index contributed by atoms with van der Waals surface area (Å²) in [7, 11) is 0. The van der Waals surface area contributed by atoms with Crippen molar-refractivity contribution in [2.75, 3.05) is 5.32 Å². The summed E-state index contributed by atoms with van der Waals surface area (Å²) in [4.78, 5) is 13.2. The van der Waals surface area contributed by atoms with Crippen molar-refractivity contribution in [1.82, 2.24) is 0 Å². The number of rotatable bonds is 2. The van der Waals surface area contributed by atoms with Gasteiger partial charge in [0.1, 0.15) is 17.5 Å². The Bertz CT molecular complexity index is 901. The lowest BCUT2D eigenvalue weighted by Gasteiger charge is -2.36. The highest BCUT2D eigenvalue weighted by molar-refractivity contribution is 7.80. The van der Waals surface area contributed by atoms with Crippen molar-refractivity contribution in [3.63, 3.8) is 0 Å². The maximum Gasteiger partial charge on any atom is 0.190 e. The van der Waals surface area contributed by atoms with Crippen LogP contribution in [0.3, 0.4) is 0 Å². The van der Waals surface area contributed by atoms with E-state index in [2.05, 4.69) is 11.4 Å². The second-order valence-electron chi connectivity index (χ2n) is 6.27. The molecule has 2 aromatic carbocycles. The van der Waals surface area contributed by atoms with Crippen molar-refractivity contribution in [2.24, 2.45) is 0 Å². The van der Waals surface area contributed by atoms with Crippen molar-refractivity contribution in [2.45, 2.75) is 25.4 Å². The number of carbonyl (C=O) groups is 1. The quantitative estimate of drug-likeness (QED) is 0.827. The van der Waals surface area contributed by atoms with Crippen molar-refractivity contribution in [3.8, 4) is 11.8 Å². The van der Waals surface area contributed by atoms with Crippen LogP contribution >= 0.6 is 12.2 Å². The number of nitrogens with zero attached hydrogens (tertiary/aromatic N) is 1. The number of nitriles is 1. The number of carbonyl (C=O) groups excluding carboxylic acids is 1. The van der Waals surface area contributed by atoms with Gasteiger partial charge in [0, 0.05) is 11.3 Å². The lowest BCUT2D eigenvalue weighted by molar-refractivity contribution is -0.133. The van der Waals surface area contributed by atoms with E-state index in [0.717, 1.165) is 0 Å². The van der Waals surface area contributed by atoms with Gasteiger partial charge in [-0.2, -0.15) is 5.26 Å². The van der Waals surface area contributed by atoms with Crippen LogP contribution in [0.2, 0.25) is 0 Å². The third kappa shape index (κ3) is 3.24. The molecule has 0 spiro atoms. The third-order valence-electron chi connectivity index (χ3n) is 4.04. The molecule has 1 heterocycles. The molecular weight excluding hydrogens is 339 g/mol. The Hall–Kier alpha value is -2.78. The van der Waals surface area contributed by atoms with Gasteiger partial charge in [-0.25, -0.2) is 4.39 Å². The number of hydrogen-bond donors (Lipinski definition) is 1. The molecule has 1 unspecified atom stereocenters. The summed E-state index contributed by atoms with van der Waals surface area (Å²) < 4.78 is 18.8. The molecule has 1 atom stereocenters. The molecule has 0 saturated carbocycles. The van der Waals surface area contributed by atoms with E-state index in [1.807, 2.05) is 0 Å². The first kappa shape index (κ1) is 17.1. The van der Waals surface area contributed by atoms with Crippen molar-refractivity contribution < 1.29 is 13.9 Å². The number of fused-ring (bicyclic) bond motifs is 1. The molecule has 0 saturated heterocycles. The third-order valence-corrected chi connectivity index (χ3v) is 4.38. The number of halogens is 1. The predicted octanol–water partition coefficient (Wildman–Crippen LogP) is 3.96. The van der Waals surface area contributed by atoms with E-state index in [-0.39, 0.29) is 16.6 Å². The van der Waals surface area contributed by atoms with Crippen LogP contribution in [0.4, 0.5) is 10.1 Å². The zero-order valence-corrected chi connectivity index (χ0v) is 14.5. The van der Waals surface area contributed by atoms with Crippen molar-refractivity contribution in [1.29, 1.82) is 5.26 Å². The first-order chi connectivity index (χ1) is 11.8. The molecule has 0 fully saturated rings. The summed E-state index contributed by atoms with van der Waals surface area (Å²) >= 11 is 5.46. The van der Waals surface area contributed by atoms with Gasteiger partial charge < -0.3 is 10.1 Å². The van der Waals surface area contributed by atoms with E-state index in [4.69, 9.17) is 22.2 Å². The molecule has 126 valence electrons. The van der Waals surface area contributed by atoms with Gasteiger partial charge in [-0.3, -0.25) is 4.79 Å². The highest BCUT2D eigenvalue weighted by atomic mass is 32.1. The Morgan fingerprint density at radius 2 is 1.96 bits per heavy atom. The second kappa shape index (κ2) is 6.26. The number of anilines is 1. The first-order valence-electron chi connectivity index (χ1n) is 7.65. The van der Waals surface area contributed by atoms with Gasteiger partial charge in [-0.05, 0) is 56.3 Å². The largest absolute Gasteiger partial charge is 0.480 e. The summed E-state index contributed by atoms with van der Waals surface area (Å²) in [5.41, 5.74) is 0.522. The van der Waals surface area contributed by atoms with E-state index in [1.165, 1.54) is 12.1 Å². The Morgan fingerprint density at radius 3 is 2.60 bits per heavy atom. The number of nitrogens with one attached hydrogen (secondary N) is 1. The maximum absolute atomic E-state index is 13.1. The normalized spacial score (nSPS) is 17.8. The van der Waals surface area contributed by atoms with Crippen LogP contribution in [0.1, 0.15) is 30.9 Å². The summed E-state index contributed by atoms with van der Waals surface area (Å²) in [6.07, 6.45) is 0. The molecule has 25 heavy (non-hydrogen) atoms. The minimum Gasteiger partial charge on any atom is -0.480 e. The van der Waals surface area contributed by atoms with Gasteiger partial charge >= 0.3 is 0 Å². The summed E-state index contributed by atoms with van der Waals surface area (Å²) in [6, 6.07) is 12.7. The number of Topliss-reactive ketones (excluding diaryl/α,β-unsaturated/α-hetero) is 1. The molecule has 1 aliphatic heterocycles. The van der Waals surface area contributed by atoms with Crippen LogP contribution in [-0.2, 0) is 4.79 Å². The smallest absolute Gasteiger partial charge is 0.190 e. The van der Waals surface area contributed by atoms with Gasteiger partial charge in [-0.15, -0.1) is 0 Å². The lowest BCUT2D eigenvalue weighted by atomic mass is 9.82. The number of benzene rings is 2. The predicted molar refractivity (Wildman–Crippen MR) is 96.2 cm³/mol. The molecule has 2 aromatic rings. The maximum atomic E-state index is 13.1. The van der Waals surface area contributed by atoms with E-state index < -0.39 is 11.5 Å². The molecule has 0 aromatic heterocycles. The number of ketones is 1. The fraction of sp³-hybridized carbons (Fsp3) is 0.211. The van der Waals surface area contributed by atoms with E-state index in [0.29, 0.717) is 22.6 Å². The fourth-order valence-corrected chi connectivity index (χ4v) is 3.11. The Labute approximate surface area is 150 Å². The van der Waals surface area contributed by atoms with Crippen LogP contribution in [0.15, 0.2) is 42.5 Å². The van der Waals surface area contributed by atoms with Gasteiger partial charge in [0.15, 0.2) is 11.4 Å². The number of thiocarbonyl (C=S) groups is 1. The van der Waals surface area contributed by atoms with Crippen LogP contribution in [0.5, 0.6) is 5.75 Å². The van der Waals surface area contributed by atoms with Crippen LogP contribution in [-0.4, -0.2) is 16.4 Å². The number of hydrogen-bond acceptors (Lipinski definition) is 4. The zero-order valence-electron chi connectivity index (χ0n) is 13.7. The van der Waals surface area contributed by atoms with E-state index in [1.54, 1.807) is 44.2 Å². The highest BCUT2D eigenvalue weighted by Crippen LogP contribution is 2.40. The summed E-state index contributed by atoms with van der Waals surface area (Å²) in [5.74, 6) is -0.776. The minimum atomic E-state index is -1.04. The molecule has 6 heteroatoms. The molecule has 0 aliphatic carbocycles. The van der Waals surface area contributed by atoms with Crippen molar-refractivity contribution >= 4 is 28.7 Å². The summed E-state index contributed by atoms with van der Waals surface area (Å²) in [5, 5.41) is 12.1. The van der Waals surface area contributed by atoms with E-state index >= 15 is 0 Å². The van der Waals surface area contributed by atoms with Crippen LogP contribution in [0, 0.1) is 17.1 Å². The molecule has 1 N–H and O–H groups in total. The van der Waals surface area contributed by atoms with Gasteiger partial charge in [0.25, 0.3) is 0 Å². The van der Waals surface area contributed by atoms with Crippen molar-refractivity contribution in [3.05, 3.63) is 59.4 Å². The van der Waals surface area contributed by atoms with Crippen LogP contribution in [0.25, 0.3) is 0 Å². The molecule has 3 rings (SSSR count). The molecule has 0 radical (unpaired) electrons. The van der Waals surface area contributed by atoms with Gasteiger partial charge in [0.2, 0.25) is 0 Å².